The lowest BCUT2D eigenvalue weighted by Gasteiger charge is -2.41. The molecule has 4 rings (SSSR count). The fourth-order valence-electron chi connectivity index (χ4n) is 4.79. The lowest BCUT2D eigenvalue weighted by molar-refractivity contribution is -0.385. The van der Waals surface area contributed by atoms with Crippen LogP contribution in [0.5, 0.6) is 0 Å². The first kappa shape index (κ1) is 20.5. The van der Waals surface area contributed by atoms with E-state index in [1.807, 2.05) is 6.07 Å². The number of amides is 2. The molecule has 2 atom stereocenters. The smallest absolute Gasteiger partial charge is 0.274 e. The Bertz CT molecular complexity index is 863. The molecule has 1 saturated carbocycles. The molecule has 2 heterocycles. The molecule has 2 amide bonds. The Morgan fingerprint density at radius 2 is 1.97 bits per heavy atom. The van der Waals surface area contributed by atoms with Gasteiger partial charge in [0.15, 0.2) is 0 Å². The number of piperazine rings is 1. The van der Waals surface area contributed by atoms with E-state index in [2.05, 4.69) is 10.2 Å². The Kier molecular flexibility index (Phi) is 5.37. The second-order valence-electron chi connectivity index (χ2n) is 8.64. The maximum atomic E-state index is 13.2. The van der Waals surface area contributed by atoms with Crippen molar-refractivity contribution >= 4 is 23.2 Å². The lowest BCUT2D eigenvalue weighted by atomic mass is 9.81. The van der Waals surface area contributed by atoms with E-state index in [0.717, 1.165) is 18.5 Å². The third-order valence-corrected chi connectivity index (χ3v) is 6.83. The minimum absolute atomic E-state index is 0.0873. The zero-order chi connectivity index (χ0) is 21.5. The summed E-state index contributed by atoms with van der Waals surface area (Å²) in [6.45, 7) is 4.51. The fourth-order valence-corrected chi connectivity index (χ4v) is 4.79. The summed E-state index contributed by atoms with van der Waals surface area (Å²) < 4.78 is 0. The van der Waals surface area contributed by atoms with Crippen molar-refractivity contribution in [2.45, 2.75) is 32.2 Å². The normalized spacial score (nSPS) is 25.1. The number of nitrogens with one attached hydrogen (secondary N) is 2. The summed E-state index contributed by atoms with van der Waals surface area (Å²) in [5.74, 6) is -1.23. The van der Waals surface area contributed by atoms with Crippen molar-refractivity contribution in [3.63, 3.8) is 0 Å². The number of carbonyl (C=O) groups is 2. The van der Waals surface area contributed by atoms with Crippen LogP contribution in [0.3, 0.4) is 0 Å². The molecule has 0 aromatic heterocycles. The van der Waals surface area contributed by atoms with Gasteiger partial charge in [0.1, 0.15) is 0 Å². The Balaban J connectivity index is 1.42. The number of piperidine rings is 1. The van der Waals surface area contributed by atoms with Crippen molar-refractivity contribution < 1.29 is 19.7 Å². The minimum Gasteiger partial charge on any atom is -0.368 e. The molecular weight excluding hydrogens is 390 g/mol. The van der Waals surface area contributed by atoms with Crippen molar-refractivity contribution in [1.82, 2.24) is 15.7 Å². The second-order valence-corrected chi connectivity index (χ2v) is 8.64. The van der Waals surface area contributed by atoms with Gasteiger partial charge in [-0.2, -0.15) is 0 Å². The first-order valence-corrected chi connectivity index (χ1v) is 10.3. The van der Waals surface area contributed by atoms with Gasteiger partial charge in [0.25, 0.3) is 5.69 Å². The van der Waals surface area contributed by atoms with Gasteiger partial charge in [-0.3, -0.25) is 24.9 Å². The van der Waals surface area contributed by atoms with Crippen molar-refractivity contribution in [3.05, 3.63) is 33.9 Å². The summed E-state index contributed by atoms with van der Waals surface area (Å²) in [6.07, 6.45) is 2.68. The molecule has 1 spiro atoms. The van der Waals surface area contributed by atoms with Crippen LogP contribution in [0.4, 0.5) is 11.4 Å². The Morgan fingerprint density at radius 1 is 1.27 bits per heavy atom. The summed E-state index contributed by atoms with van der Waals surface area (Å²) in [6, 6.07) is 4.39. The molecule has 2 aliphatic heterocycles. The first-order chi connectivity index (χ1) is 14.3. The number of hydrogen-bond acceptors (Lipinski definition) is 7. The predicted octanol–water partition coefficient (Wildman–Crippen LogP) is 0.816. The van der Waals surface area contributed by atoms with Gasteiger partial charge in [0, 0.05) is 44.5 Å². The summed E-state index contributed by atoms with van der Waals surface area (Å²) >= 11 is 0. The number of hydroxylamine groups is 1. The van der Waals surface area contributed by atoms with Gasteiger partial charge in [0.05, 0.1) is 22.4 Å². The van der Waals surface area contributed by atoms with Gasteiger partial charge in [-0.15, -0.1) is 0 Å². The molecule has 2 saturated heterocycles. The SMILES string of the molecule is Cc1c(N2CCN(C(=O)C3NCC4(CC4)CC3C(=O)NO)CC2)cccc1[N+](=O)[O-]. The summed E-state index contributed by atoms with van der Waals surface area (Å²) in [5.41, 5.74) is 3.32. The van der Waals surface area contributed by atoms with E-state index >= 15 is 0 Å². The standard InChI is InChI=1S/C20H27N5O5/c1-13-15(3-2-4-16(13)25(29)30)23-7-9-24(10-8-23)19(27)17-14(18(26)22-28)11-20(5-6-20)12-21-17/h2-4,14,17,21,28H,5-12H2,1H3,(H,22,26). The van der Waals surface area contributed by atoms with E-state index in [0.29, 0.717) is 44.7 Å². The maximum absolute atomic E-state index is 13.2. The van der Waals surface area contributed by atoms with Gasteiger partial charge >= 0.3 is 0 Å². The van der Waals surface area contributed by atoms with Crippen LogP contribution in [0.1, 0.15) is 24.8 Å². The van der Waals surface area contributed by atoms with E-state index in [1.54, 1.807) is 23.4 Å². The molecule has 1 aliphatic carbocycles. The lowest BCUT2D eigenvalue weighted by Crippen LogP contribution is -2.61. The molecular formula is C20H27N5O5. The van der Waals surface area contributed by atoms with Crippen LogP contribution in [0.25, 0.3) is 0 Å². The van der Waals surface area contributed by atoms with E-state index in [9.17, 15) is 19.7 Å². The first-order valence-electron chi connectivity index (χ1n) is 10.3. The molecule has 2 unspecified atom stereocenters. The Hall–Kier alpha value is -2.72. The average Bonchev–Trinajstić information content (AvgIpc) is 3.51. The van der Waals surface area contributed by atoms with Gasteiger partial charge < -0.3 is 15.1 Å². The molecule has 3 aliphatic rings. The summed E-state index contributed by atoms with van der Waals surface area (Å²) in [7, 11) is 0. The topological polar surface area (TPSA) is 128 Å². The number of rotatable bonds is 4. The van der Waals surface area contributed by atoms with Crippen molar-refractivity contribution in [1.29, 1.82) is 0 Å². The zero-order valence-electron chi connectivity index (χ0n) is 17.0. The predicted molar refractivity (Wildman–Crippen MR) is 108 cm³/mol. The third-order valence-electron chi connectivity index (χ3n) is 6.83. The number of anilines is 1. The average molecular weight is 417 g/mol. The molecule has 10 nitrogen and oxygen atoms in total. The number of nitro groups is 1. The molecule has 30 heavy (non-hydrogen) atoms. The fraction of sp³-hybridized carbons (Fsp3) is 0.600. The maximum Gasteiger partial charge on any atom is 0.274 e. The highest BCUT2D eigenvalue weighted by Gasteiger charge is 2.52. The summed E-state index contributed by atoms with van der Waals surface area (Å²) in [5, 5.41) is 23.6. The summed E-state index contributed by atoms with van der Waals surface area (Å²) in [4.78, 5) is 40.0. The largest absolute Gasteiger partial charge is 0.368 e. The molecule has 3 fully saturated rings. The van der Waals surface area contributed by atoms with E-state index < -0.39 is 17.9 Å². The molecule has 3 N–H and O–H groups in total. The molecule has 1 aromatic carbocycles. The molecule has 1 aromatic rings. The second kappa shape index (κ2) is 7.84. The quantitative estimate of drug-likeness (QED) is 0.376. The van der Waals surface area contributed by atoms with Crippen LogP contribution >= 0.6 is 0 Å². The number of nitro benzene ring substituents is 1. The number of benzene rings is 1. The van der Waals surface area contributed by atoms with Crippen LogP contribution in [0.2, 0.25) is 0 Å². The van der Waals surface area contributed by atoms with Gasteiger partial charge in [0.2, 0.25) is 11.8 Å². The van der Waals surface area contributed by atoms with Crippen molar-refractivity contribution in [2.75, 3.05) is 37.6 Å². The van der Waals surface area contributed by atoms with Crippen molar-refractivity contribution in [2.24, 2.45) is 11.3 Å². The molecule has 0 radical (unpaired) electrons. The van der Waals surface area contributed by atoms with E-state index in [-0.39, 0.29) is 21.9 Å². The Morgan fingerprint density at radius 3 is 2.57 bits per heavy atom. The molecule has 10 heteroatoms. The van der Waals surface area contributed by atoms with E-state index in [1.165, 1.54) is 6.07 Å². The Labute approximate surface area is 174 Å². The number of hydrogen-bond donors (Lipinski definition) is 3. The highest BCUT2D eigenvalue weighted by Crippen LogP contribution is 2.52. The zero-order valence-corrected chi connectivity index (χ0v) is 17.0. The van der Waals surface area contributed by atoms with Crippen LogP contribution in [0, 0.1) is 28.4 Å². The third kappa shape index (κ3) is 3.72. The molecule has 162 valence electrons. The highest BCUT2D eigenvalue weighted by atomic mass is 16.6. The van der Waals surface area contributed by atoms with Crippen LogP contribution in [-0.4, -0.2) is 65.6 Å². The number of nitrogens with zero attached hydrogens (tertiary/aromatic N) is 3. The molecule has 0 bridgehead atoms. The van der Waals surface area contributed by atoms with Crippen molar-refractivity contribution in [3.8, 4) is 0 Å². The van der Waals surface area contributed by atoms with Crippen LogP contribution in [-0.2, 0) is 9.59 Å². The van der Waals surface area contributed by atoms with E-state index in [4.69, 9.17) is 5.21 Å². The van der Waals surface area contributed by atoms with Crippen LogP contribution in [0.15, 0.2) is 18.2 Å². The number of carbonyl (C=O) groups excluding carboxylic acids is 2. The minimum atomic E-state index is -0.644. The van der Waals surface area contributed by atoms with Gasteiger partial charge in [-0.25, -0.2) is 5.48 Å². The monoisotopic (exact) mass is 417 g/mol. The van der Waals surface area contributed by atoms with Crippen LogP contribution < -0.4 is 15.7 Å². The highest BCUT2D eigenvalue weighted by molar-refractivity contribution is 5.90. The van der Waals surface area contributed by atoms with Gasteiger partial charge in [-0.05, 0) is 37.7 Å². The van der Waals surface area contributed by atoms with Gasteiger partial charge in [-0.1, -0.05) is 6.07 Å².